The molecule has 31 heavy (non-hydrogen) atoms. The van der Waals surface area contributed by atoms with Crippen molar-refractivity contribution < 1.29 is 9.18 Å². The lowest BCUT2D eigenvalue weighted by Gasteiger charge is -2.34. The number of benzene rings is 2. The molecule has 1 fully saturated rings. The van der Waals surface area contributed by atoms with Gasteiger partial charge >= 0.3 is 0 Å². The van der Waals surface area contributed by atoms with Crippen molar-refractivity contribution in [3.63, 3.8) is 0 Å². The summed E-state index contributed by atoms with van der Waals surface area (Å²) in [6.45, 7) is 5.01. The van der Waals surface area contributed by atoms with Gasteiger partial charge in [0.15, 0.2) is 5.78 Å². The number of piperazine rings is 1. The molecular formula is C25H27FN4O. The van der Waals surface area contributed by atoms with Crippen molar-refractivity contribution in [1.29, 1.82) is 0 Å². The first-order valence-corrected chi connectivity index (χ1v) is 10.6. The zero-order valence-electron chi connectivity index (χ0n) is 17.5. The number of hydrogen-bond donors (Lipinski definition) is 1. The lowest BCUT2D eigenvalue weighted by Crippen LogP contribution is -2.48. The van der Waals surface area contributed by atoms with Crippen LogP contribution in [0.5, 0.6) is 0 Å². The third-order valence-corrected chi connectivity index (χ3v) is 5.74. The van der Waals surface area contributed by atoms with Gasteiger partial charge in [-0.3, -0.25) is 9.69 Å². The second-order valence-corrected chi connectivity index (χ2v) is 7.94. The molecule has 2 aromatic carbocycles. The Morgan fingerprint density at radius 1 is 0.903 bits per heavy atom. The lowest BCUT2D eigenvalue weighted by atomic mass is 10.1. The van der Waals surface area contributed by atoms with E-state index >= 15 is 0 Å². The Bertz CT molecular complexity index is 1010. The second kappa shape index (κ2) is 9.81. The molecule has 0 aliphatic carbocycles. The van der Waals surface area contributed by atoms with E-state index in [0.29, 0.717) is 17.9 Å². The van der Waals surface area contributed by atoms with Crippen molar-refractivity contribution in [3.05, 3.63) is 83.7 Å². The molecule has 1 aliphatic rings. The molecule has 0 atom stereocenters. The van der Waals surface area contributed by atoms with E-state index in [-0.39, 0.29) is 11.6 Å². The van der Waals surface area contributed by atoms with Crippen LogP contribution in [0.1, 0.15) is 15.9 Å². The number of nitrogens with two attached hydrogens (primary N) is 1. The van der Waals surface area contributed by atoms with Gasteiger partial charge in [0, 0.05) is 43.9 Å². The molecule has 5 nitrogen and oxygen atoms in total. The Hall–Kier alpha value is -3.09. The van der Waals surface area contributed by atoms with Gasteiger partial charge in [0.2, 0.25) is 0 Å². The van der Waals surface area contributed by atoms with E-state index in [0.717, 1.165) is 50.4 Å². The average Bonchev–Trinajstić information content (AvgIpc) is 2.79. The maximum Gasteiger partial charge on any atom is 0.176 e. The van der Waals surface area contributed by atoms with Crippen LogP contribution < -0.4 is 5.73 Å². The van der Waals surface area contributed by atoms with Gasteiger partial charge in [-0.1, -0.05) is 30.3 Å². The Morgan fingerprint density at radius 2 is 1.58 bits per heavy atom. The summed E-state index contributed by atoms with van der Waals surface area (Å²) in [4.78, 5) is 21.4. The number of ketones is 1. The Kier molecular flexibility index (Phi) is 6.70. The fraction of sp³-hybridized carbons (Fsp3) is 0.280. The summed E-state index contributed by atoms with van der Waals surface area (Å²) in [6.07, 6.45) is 0.985. The van der Waals surface area contributed by atoms with Crippen LogP contribution >= 0.6 is 0 Å². The van der Waals surface area contributed by atoms with E-state index in [1.54, 1.807) is 18.2 Å². The van der Waals surface area contributed by atoms with Crippen molar-refractivity contribution >= 4 is 11.6 Å². The Morgan fingerprint density at radius 3 is 2.26 bits per heavy atom. The van der Waals surface area contributed by atoms with Crippen molar-refractivity contribution in [2.24, 2.45) is 0 Å². The van der Waals surface area contributed by atoms with Gasteiger partial charge in [-0.15, -0.1) is 0 Å². The summed E-state index contributed by atoms with van der Waals surface area (Å²) >= 11 is 0. The van der Waals surface area contributed by atoms with E-state index in [9.17, 15) is 9.18 Å². The fourth-order valence-corrected chi connectivity index (χ4v) is 3.84. The van der Waals surface area contributed by atoms with Crippen molar-refractivity contribution in [1.82, 2.24) is 14.8 Å². The molecule has 0 spiro atoms. The van der Waals surface area contributed by atoms with Crippen LogP contribution in [0.2, 0.25) is 0 Å². The predicted molar refractivity (Wildman–Crippen MR) is 121 cm³/mol. The van der Waals surface area contributed by atoms with Gasteiger partial charge in [0.25, 0.3) is 0 Å². The number of pyridine rings is 1. The number of rotatable bonds is 7. The highest BCUT2D eigenvalue weighted by Gasteiger charge is 2.19. The molecule has 2 heterocycles. The van der Waals surface area contributed by atoms with Crippen LogP contribution in [0.15, 0.2) is 66.7 Å². The highest BCUT2D eigenvalue weighted by atomic mass is 19.1. The average molecular weight is 419 g/mol. The van der Waals surface area contributed by atoms with Crippen molar-refractivity contribution in [2.45, 2.75) is 6.42 Å². The van der Waals surface area contributed by atoms with Gasteiger partial charge in [0.05, 0.1) is 12.2 Å². The molecule has 3 aromatic rings. The van der Waals surface area contributed by atoms with Crippen LogP contribution in [0.3, 0.4) is 0 Å². The topological polar surface area (TPSA) is 62.5 Å². The molecule has 1 aromatic heterocycles. The summed E-state index contributed by atoms with van der Waals surface area (Å²) in [5.74, 6) is 0.254. The van der Waals surface area contributed by atoms with E-state index in [2.05, 4.69) is 39.0 Å². The number of nitrogen functional groups attached to an aromatic ring is 1. The molecule has 0 bridgehead atoms. The second-order valence-electron chi connectivity index (χ2n) is 7.94. The first-order valence-electron chi connectivity index (χ1n) is 10.6. The first-order chi connectivity index (χ1) is 15.1. The number of aromatic nitrogens is 1. The van der Waals surface area contributed by atoms with Gasteiger partial charge in [0.1, 0.15) is 11.6 Å². The van der Waals surface area contributed by atoms with Crippen LogP contribution in [0, 0.1) is 5.82 Å². The third kappa shape index (κ3) is 5.75. The van der Waals surface area contributed by atoms with Gasteiger partial charge in [-0.25, -0.2) is 9.37 Å². The Balaban J connectivity index is 1.22. The molecule has 0 amide bonds. The smallest absolute Gasteiger partial charge is 0.176 e. The zero-order chi connectivity index (χ0) is 21.6. The summed E-state index contributed by atoms with van der Waals surface area (Å²) in [6, 6.07) is 19.9. The SMILES string of the molecule is Nc1cccc(-c2ccc(CCN3CCN(CC(=O)c4ccc(F)cc4)CC3)cc2)n1. The van der Waals surface area contributed by atoms with Crippen LogP contribution in [-0.2, 0) is 6.42 Å². The third-order valence-electron chi connectivity index (χ3n) is 5.74. The number of carbonyl (C=O) groups excluding carboxylic acids is 1. The standard InChI is InChI=1S/C25H27FN4O/c26-22-10-8-21(9-11-22)24(31)18-30-16-14-29(15-17-30)13-12-19-4-6-20(7-5-19)23-2-1-3-25(27)28-23/h1-11H,12-18H2,(H2,27,28). The molecule has 0 unspecified atom stereocenters. The number of anilines is 1. The quantitative estimate of drug-likeness (QED) is 0.595. The molecule has 1 aliphatic heterocycles. The van der Waals surface area contributed by atoms with E-state index in [4.69, 9.17) is 5.73 Å². The minimum absolute atomic E-state index is 0.0446. The van der Waals surface area contributed by atoms with Crippen LogP contribution in [0.4, 0.5) is 10.2 Å². The molecule has 0 saturated carbocycles. The number of halogens is 1. The zero-order valence-corrected chi connectivity index (χ0v) is 17.5. The molecule has 160 valence electrons. The van der Waals surface area contributed by atoms with E-state index < -0.39 is 0 Å². The number of carbonyl (C=O) groups is 1. The molecule has 0 radical (unpaired) electrons. The Labute approximate surface area is 182 Å². The molecular weight excluding hydrogens is 391 g/mol. The molecule has 1 saturated heterocycles. The molecule has 4 rings (SSSR count). The van der Waals surface area contributed by atoms with Crippen LogP contribution in [0.25, 0.3) is 11.3 Å². The number of nitrogens with zero attached hydrogens (tertiary/aromatic N) is 3. The van der Waals surface area contributed by atoms with Gasteiger partial charge in [-0.2, -0.15) is 0 Å². The minimum Gasteiger partial charge on any atom is -0.384 e. The predicted octanol–water partition coefficient (Wildman–Crippen LogP) is 3.51. The van der Waals surface area contributed by atoms with Crippen LogP contribution in [-0.4, -0.2) is 59.8 Å². The maximum atomic E-state index is 13.0. The van der Waals surface area contributed by atoms with Gasteiger partial charge in [-0.05, 0) is 48.4 Å². The molecule has 6 heteroatoms. The van der Waals surface area contributed by atoms with Crippen molar-refractivity contribution in [2.75, 3.05) is 45.0 Å². The van der Waals surface area contributed by atoms with E-state index in [1.165, 1.54) is 17.7 Å². The lowest BCUT2D eigenvalue weighted by molar-refractivity contribution is 0.0854. The maximum absolute atomic E-state index is 13.0. The molecule has 2 N–H and O–H groups in total. The highest BCUT2D eigenvalue weighted by molar-refractivity contribution is 5.97. The summed E-state index contributed by atoms with van der Waals surface area (Å²) in [5, 5.41) is 0. The van der Waals surface area contributed by atoms with Crippen molar-refractivity contribution in [3.8, 4) is 11.3 Å². The largest absolute Gasteiger partial charge is 0.384 e. The van der Waals surface area contributed by atoms with Gasteiger partial charge < -0.3 is 10.6 Å². The number of Topliss-reactive ketones (excluding diaryl/α,β-unsaturated/α-hetero) is 1. The number of hydrogen-bond acceptors (Lipinski definition) is 5. The summed E-state index contributed by atoms with van der Waals surface area (Å²) in [5.41, 5.74) is 9.59. The monoisotopic (exact) mass is 418 g/mol. The first kappa shape index (κ1) is 21.2. The summed E-state index contributed by atoms with van der Waals surface area (Å²) in [7, 11) is 0. The normalized spacial score (nSPS) is 15.1. The van der Waals surface area contributed by atoms with E-state index in [1.807, 2.05) is 12.1 Å². The summed E-state index contributed by atoms with van der Waals surface area (Å²) < 4.78 is 13.0. The fourth-order valence-electron chi connectivity index (χ4n) is 3.84. The minimum atomic E-state index is -0.318. The highest BCUT2D eigenvalue weighted by Crippen LogP contribution is 2.19.